The zero-order chi connectivity index (χ0) is 28.8. The van der Waals surface area contributed by atoms with Gasteiger partial charge in [-0.15, -0.1) is 0 Å². The first-order valence-electron chi connectivity index (χ1n) is 13.5. The molecule has 1 aliphatic heterocycles. The Morgan fingerprint density at radius 1 is 1.15 bits per heavy atom. The molecular weight excluding hydrogens is 535 g/mol. The first-order chi connectivity index (χ1) is 19.1. The highest BCUT2D eigenvalue weighted by molar-refractivity contribution is 8.26. The Morgan fingerprint density at radius 2 is 1.80 bits per heavy atom. The molecule has 212 valence electrons. The molecule has 2 saturated carbocycles. The van der Waals surface area contributed by atoms with Crippen LogP contribution in [0.3, 0.4) is 0 Å². The molecule has 10 nitrogen and oxygen atoms in total. The van der Waals surface area contributed by atoms with E-state index < -0.39 is 22.7 Å². The van der Waals surface area contributed by atoms with E-state index in [9.17, 15) is 23.9 Å². The van der Waals surface area contributed by atoms with Gasteiger partial charge in [0.1, 0.15) is 16.5 Å². The van der Waals surface area contributed by atoms with E-state index in [-0.39, 0.29) is 51.4 Å². The lowest BCUT2D eigenvalue weighted by atomic mass is 9.79. The van der Waals surface area contributed by atoms with Crippen LogP contribution in [0.25, 0.3) is 0 Å². The van der Waals surface area contributed by atoms with Crippen LogP contribution < -0.4 is 15.8 Å². The first-order valence-corrected chi connectivity index (χ1v) is 14.3. The van der Waals surface area contributed by atoms with Crippen LogP contribution in [0.1, 0.15) is 67.1 Å². The van der Waals surface area contributed by atoms with Gasteiger partial charge < -0.3 is 15.3 Å². The van der Waals surface area contributed by atoms with Gasteiger partial charge in [-0.05, 0) is 63.1 Å². The van der Waals surface area contributed by atoms with Crippen molar-refractivity contribution in [2.24, 2.45) is 5.92 Å². The largest absolute Gasteiger partial charge is 0.502 e. The number of hydrogen-bond acceptors (Lipinski definition) is 8. The summed E-state index contributed by atoms with van der Waals surface area (Å²) in [5.74, 6) is -1.69. The van der Waals surface area contributed by atoms with E-state index in [1.54, 1.807) is 24.1 Å². The molecule has 2 amide bonds. The molecule has 1 aromatic heterocycles. The van der Waals surface area contributed by atoms with E-state index in [1.165, 1.54) is 23.0 Å². The quantitative estimate of drug-likeness (QED) is 0.312. The fraction of sp³-hybridized carbons (Fsp3) is 0.464. The molecule has 0 saturated heterocycles. The highest BCUT2D eigenvalue weighted by atomic mass is 32.2. The van der Waals surface area contributed by atoms with Crippen LogP contribution in [0, 0.1) is 22.6 Å². The van der Waals surface area contributed by atoms with Crippen LogP contribution in [-0.4, -0.2) is 61.9 Å². The third-order valence-electron chi connectivity index (χ3n) is 8.19. The number of amides is 2. The summed E-state index contributed by atoms with van der Waals surface area (Å²) in [6.45, 7) is 2.20. The lowest BCUT2D eigenvalue weighted by molar-refractivity contribution is -0.127. The number of aromatic nitrogens is 1. The van der Waals surface area contributed by atoms with Crippen molar-refractivity contribution in [1.82, 2.24) is 14.9 Å². The van der Waals surface area contributed by atoms with Gasteiger partial charge in [0.15, 0.2) is 11.4 Å². The summed E-state index contributed by atoms with van der Waals surface area (Å²) in [4.78, 5) is 41.2. The fourth-order valence-corrected chi connectivity index (χ4v) is 6.54. The molecule has 12 heteroatoms. The zero-order valence-corrected chi connectivity index (χ0v) is 23.3. The number of pyridine rings is 1. The number of halogens is 1. The molecule has 0 radical (unpaired) electrons. The smallest absolute Gasteiger partial charge is 0.278 e. The van der Waals surface area contributed by atoms with Gasteiger partial charge in [-0.2, -0.15) is 0 Å². The zero-order valence-electron chi connectivity index (χ0n) is 22.5. The summed E-state index contributed by atoms with van der Waals surface area (Å²) >= 11 is 0.763. The fourth-order valence-electron chi connectivity index (χ4n) is 5.80. The molecule has 1 spiro atoms. The number of aromatic hydroxyl groups is 1. The number of nitrogens with one attached hydrogen (secondary N) is 3. The topological polar surface area (TPSA) is 143 Å². The number of nitrogens with zero attached hydrogens (tertiary/aromatic N) is 3. The summed E-state index contributed by atoms with van der Waals surface area (Å²) in [5.41, 5.74) is -1.24. The average molecular weight is 569 g/mol. The molecule has 2 aromatic rings. The third-order valence-corrected chi connectivity index (χ3v) is 9.00. The predicted octanol–water partition coefficient (Wildman–Crippen LogP) is 3.18. The summed E-state index contributed by atoms with van der Waals surface area (Å²) in [5, 5.41) is 32.5. The van der Waals surface area contributed by atoms with E-state index in [0.29, 0.717) is 37.8 Å². The van der Waals surface area contributed by atoms with Crippen molar-refractivity contribution < 1.29 is 19.1 Å². The SMILES string of the molecule is CCN1C(=O)c2c(O)c(=O)c(C(=N)SC(=N)Cc3ccc(F)cc3)cn2N(C)C12CCC(C(=O)NC1CC1)CC2. The van der Waals surface area contributed by atoms with Crippen molar-refractivity contribution in [3.63, 3.8) is 0 Å². The first kappa shape index (κ1) is 27.9. The second kappa shape index (κ2) is 10.7. The van der Waals surface area contributed by atoms with Gasteiger partial charge in [-0.1, -0.05) is 23.9 Å². The molecule has 3 aliphatic rings. The number of thioether (sulfide) groups is 1. The molecule has 2 fully saturated rings. The Hall–Kier alpha value is -3.67. The second-order valence-electron chi connectivity index (χ2n) is 10.7. The van der Waals surface area contributed by atoms with Crippen molar-refractivity contribution in [1.29, 1.82) is 10.8 Å². The van der Waals surface area contributed by atoms with E-state index in [2.05, 4.69) is 5.32 Å². The van der Waals surface area contributed by atoms with E-state index in [1.807, 2.05) is 11.9 Å². The molecule has 0 bridgehead atoms. The lowest BCUT2D eigenvalue weighted by Crippen LogP contribution is -2.70. The van der Waals surface area contributed by atoms with Gasteiger partial charge in [0, 0.05) is 38.2 Å². The Morgan fingerprint density at radius 3 is 2.40 bits per heavy atom. The molecule has 2 heterocycles. The van der Waals surface area contributed by atoms with E-state index >= 15 is 0 Å². The number of carbonyl (C=O) groups is 2. The Labute approximate surface area is 235 Å². The Bertz CT molecular complexity index is 1430. The average Bonchev–Trinajstić information content (AvgIpc) is 3.74. The minimum Gasteiger partial charge on any atom is -0.502 e. The van der Waals surface area contributed by atoms with Crippen LogP contribution >= 0.6 is 11.8 Å². The lowest BCUT2D eigenvalue weighted by Gasteiger charge is -2.56. The number of rotatable bonds is 6. The highest BCUT2D eigenvalue weighted by Crippen LogP contribution is 2.42. The maximum Gasteiger partial charge on any atom is 0.278 e. The van der Waals surface area contributed by atoms with Crippen molar-refractivity contribution in [3.05, 3.63) is 63.3 Å². The highest BCUT2D eigenvalue weighted by Gasteiger charge is 2.51. The maximum atomic E-state index is 13.7. The Kier molecular flexibility index (Phi) is 7.47. The van der Waals surface area contributed by atoms with Gasteiger partial charge in [-0.25, -0.2) is 4.39 Å². The molecule has 0 atom stereocenters. The standard InChI is InChI=1S/C28H33FN6O4S/c1-3-34-27(39)22-24(37)23(36)20(25(31)40-21(30)14-16-4-6-18(29)7-5-16)15-35(22)33(2)28(34)12-10-17(11-13-28)26(38)32-19-8-9-19/h4-7,15,17,19,30-31,37H,3,8-14H2,1-2H3,(H,32,38). The summed E-state index contributed by atoms with van der Waals surface area (Å²) in [6, 6.07) is 5.98. The number of hydrogen-bond donors (Lipinski definition) is 4. The molecule has 2 aliphatic carbocycles. The number of benzene rings is 1. The van der Waals surface area contributed by atoms with Gasteiger partial charge in [0.05, 0.1) is 10.6 Å². The summed E-state index contributed by atoms with van der Waals surface area (Å²) in [7, 11) is 1.78. The molecule has 4 N–H and O–H groups in total. The molecule has 40 heavy (non-hydrogen) atoms. The Balaban J connectivity index is 1.41. The normalized spacial score (nSPS) is 22.3. The van der Waals surface area contributed by atoms with Crippen LogP contribution in [0.2, 0.25) is 0 Å². The van der Waals surface area contributed by atoms with Gasteiger partial charge in [-0.3, -0.25) is 34.9 Å². The van der Waals surface area contributed by atoms with Crippen molar-refractivity contribution in [2.75, 3.05) is 18.6 Å². The predicted molar refractivity (Wildman–Crippen MR) is 151 cm³/mol. The monoisotopic (exact) mass is 568 g/mol. The number of fused-ring (bicyclic) bond motifs is 1. The summed E-state index contributed by atoms with van der Waals surface area (Å²) < 4.78 is 14.7. The number of carbonyl (C=O) groups excluding carboxylic acids is 2. The second-order valence-corrected chi connectivity index (χ2v) is 11.8. The van der Waals surface area contributed by atoms with Crippen molar-refractivity contribution >= 4 is 33.7 Å². The van der Waals surface area contributed by atoms with Crippen LogP contribution in [0.15, 0.2) is 35.3 Å². The van der Waals surface area contributed by atoms with Crippen LogP contribution in [-0.2, 0) is 11.2 Å². The van der Waals surface area contributed by atoms with Gasteiger partial charge in [0.25, 0.3) is 5.91 Å². The van der Waals surface area contributed by atoms with Gasteiger partial charge in [0.2, 0.25) is 11.3 Å². The van der Waals surface area contributed by atoms with E-state index in [0.717, 1.165) is 24.6 Å². The molecule has 1 aromatic carbocycles. The summed E-state index contributed by atoms with van der Waals surface area (Å²) in [6.07, 6.45) is 5.81. The minimum atomic E-state index is -0.854. The minimum absolute atomic E-state index is 0.0581. The van der Waals surface area contributed by atoms with Crippen LogP contribution in [0.4, 0.5) is 4.39 Å². The van der Waals surface area contributed by atoms with Crippen molar-refractivity contribution in [2.45, 2.75) is 63.6 Å². The molecule has 5 rings (SSSR count). The van der Waals surface area contributed by atoms with E-state index in [4.69, 9.17) is 10.8 Å². The van der Waals surface area contributed by atoms with Crippen molar-refractivity contribution in [3.8, 4) is 5.75 Å². The van der Waals surface area contributed by atoms with Crippen LogP contribution in [0.5, 0.6) is 5.75 Å². The molecular formula is C28H33FN6O4S. The third kappa shape index (κ3) is 5.00. The maximum absolute atomic E-state index is 13.7. The van der Waals surface area contributed by atoms with Gasteiger partial charge >= 0.3 is 0 Å². The molecule has 0 unspecified atom stereocenters.